The SMILES string of the molecule is O=C(O)c1ncc(C2CCOC2)o1. The molecule has 0 radical (unpaired) electrons. The Bertz CT molecular complexity index is 314. The van der Waals surface area contributed by atoms with Crippen molar-refractivity contribution in [2.75, 3.05) is 13.2 Å². The van der Waals surface area contributed by atoms with E-state index in [1.165, 1.54) is 6.20 Å². The molecule has 70 valence electrons. The summed E-state index contributed by atoms with van der Waals surface area (Å²) in [5.74, 6) is -0.609. The van der Waals surface area contributed by atoms with E-state index in [4.69, 9.17) is 14.3 Å². The number of hydrogen-bond donors (Lipinski definition) is 1. The highest BCUT2D eigenvalue weighted by atomic mass is 16.5. The zero-order chi connectivity index (χ0) is 9.26. The number of aromatic nitrogens is 1. The molecular weight excluding hydrogens is 174 g/mol. The summed E-state index contributed by atoms with van der Waals surface area (Å²) >= 11 is 0. The van der Waals surface area contributed by atoms with Crippen molar-refractivity contribution in [3.05, 3.63) is 17.8 Å². The molecule has 0 saturated carbocycles. The van der Waals surface area contributed by atoms with E-state index in [2.05, 4.69) is 4.98 Å². The number of ether oxygens (including phenoxy) is 1. The molecule has 1 saturated heterocycles. The summed E-state index contributed by atoms with van der Waals surface area (Å²) in [6.45, 7) is 1.29. The van der Waals surface area contributed by atoms with E-state index in [1.807, 2.05) is 0 Å². The van der Waals surface area contributed by atoms with E-state index in [0.717, 1.165) is 6.42 Å². The van der Waals surface area contributed by atoms with Crippen LogP contribution in [0.1, 0.15) is 28.8 Å². The second-order valence-electron chi connectivity index (χ2n) is 2.93. The van der Waals surface area contributed by atoms with Gasteiger partial charge < -0.3 is 14.3 Å². The Morgan fingerprint density at radius 2 is 2.54 bits per heavy atom. The van der Waals surface area contributed by atoms with Crippen LogP contribution in [0, 0.1) is 0 Å². The van der Waals surface area contributed by atoms with E-state index in [-0.39, 0.29) is 11.8 Å². The van der Waals surface area contributed by atoms with Crippen molar-refractivity contribution < 1.29 is 19.1 Å². The molecule has 1 aliphatic rings. The van der Waals surface area contributed by atoms with Crippen LogP contribution in [0.4, 0.5) is 0 Å². The van der Waals surface area contributed by atoms with E-state index >= 15 is 0 Å². The van der Waals surface area contributed by atoms with Crippen LogP contribution in [0.5, 0.6) is 0 Å². The third-order valence-corrected chi connectivity index (χ3v) is 2.04. The minimum atomic E-state index is -1.13. The fourth-order valence-corrected chi connectivity index (χ4v) is 1.33. The Morgan fingerprint density at radius 1 is 1.69 bits per heavy atom. The summed E-state index contributed by atoms with van der Waals surface area (Å²) < 4.78 is 10.2. The molecule has 1 aliphatic heterocycles. The molecule has 1 atom stereocenters. The van der Waals surface area contributed by atoms with Gasteiger partial charge in [-0.3, -0.25) is 0 Å². The van der Waals surface area contributed by atoms with Gasteiger partial charge >= 0.3 is 11.9 Å². The van der Waals surface area contributed by atoms with Gasteiger partial charge in [-0.25, -0.2) is 9.78 Å². The zero-order valence-corrected chi connectivity index (χ0v) is 6.90. The van der Waals surface area contributed by atoms with Gasteiger partial charge in [-0.05, 0) is 6.42 Å². The molecule has 5 heteroatoms. The van der Waals surface area contributed by atoms with Crippen LogP contribution in [-0.2, 0) is 4.74 Å². The van der Waals surface area contributed by atoms with E-state index in [0.29, 0.717) is 19.0 Å². The van der Waals surface area contributed by atoms with E-state index in [9.17, 15) is 4.79 Å². The topological polar surface area (TPSA) is 72.6 Å². The predicted molar refractivity (Wildman–Crippen MR) is 41.6 cm³/mol. The van der Waals surface area contributed by atoms with Gasteiger partial charge in [0.05, 0.1) is 12.8 Å². The van der Waals surface area contributed by atoms with Crippen molar-refractivity contribution in [2.24, 2.45) is 0 Å². The molecule has 1 aromatic heterocycles. The number of carbonyl (C=O) groups is 1. The van der Waals surface area contributed by atoms with Gasteiger partial charge in [0.1, 0.15) is 5.76 Å². The standard InChI is InChI=1S/C8H9NO4/c10-8(11)7-9-3-6(13-7)5-1-2-12-4-5/h3,5H,1-2,4H2,(H,10,11). The molecule has 0 spiro atoms. The number of aromatic carboxylic acids is 1. The minimum absolute atomic E-state index is 0.167. The number of carboxylic acid groups (broad SMARTS) is 1. The van der Waals surface area contributed by atoms with Crippen molar-refractivity contribution in [1.82, 2.24) is 4.98 Å². The first-order valence-electron chi connectivity index (χ1n) is 4.04. The molecule has 1 N–H and O–H groups in total. The molecule has 0 bridgehead atoms. The molecular formula is C8H9NO4. The van der Waals surface area contributed by atoms with Gasteiger partial charge in [-0.1, -0.05) is 0 Å². The van der Waals surface area contributed by atoms with Gasteiger partial charge in [0.2, 0.25) is 0 Å². The van der Waals surface area contributed by atoms with Crippen LogP contribution in [-0.4, -0.2) is 29.3 Å². The van der Waals surface area contributed by atoms with Crippen LogP contribution >= 0.6 is 0 Å². The maximum atomic E-state index is 10.4. The first kappa shape index (κ1) is 8.25. The highest BCUT2D eigenvalue weighted by Gasteiger charge is 2.23. The predicted octanol–water partition coefficient (Wildman–Crippen LogP) is 0.877. The summed E-state index contributed by atoms with van der Waals surface area (Å²) in [5, 5.41) is 8.55. The molecule has 0 aromatic carbocycles. The summed E-state index contributed by atoms with van der Waals surface area (Å²) in [6, 6.07) is 0. The molecule has 1 aromatic rings. The summed E-state index contributed by atoms with van der Waals surface area (Å²) in [4.78, 5) is 14.1. The van der Waals surface area contributed by atoms with Crippen LogP contribution in [0.25, 0.3) is 0 Å². The maximum absolute atomic E-state index is 10.4. The van der Waals surface area contributed by atoms with E-state index in [1.54, 1.807) is 0 Å². The lowest BCUT2D eigenvalue weighted by atomic mass is 10.1. The Morgan fingerprint density at radius 3 is 3.08 bits per heavy atom. The molecule has 0 aliphatic carbocycles. The first-order valence-corrected chi connectivity index (χ1v) is 4.04. The molecule has 2 rings (SSSR count). The van der Waals surface area contributed by atoms with Gasteiger partial charge in [-0.2, -0.15) is 0 Å². The third kappa shape index (κ3) is 1.55. The number of rotatable bonds is 2. The fourth-order valence-electron chi connectivity index (χ4n) is 1.33. The normalized spacial score (nSPS) is 22.0. The van der Waals surface area contributed by atoms with Crippen molar-refractivity contribution in [3.63, 3.8) is 0 Å². The summed E-state index contributed by atoms with van der Waals surface area (Å²) in [6.07, 6.45) is 2.33. The van der Waals surface area contributed by atoms with Gasteiger partial charge in [-0.15, -0.1) is 0 Å². The van der Waals surface area contributed by atoms with Gasteiger partial charge in [0.25, 0.3) is 0 Å². The largest absolute Gasteiger partial charge is 0.474 e. The van der Waals surface area contributed by atoms with Gasteiger partial charge in [0, 0.05) is 12.5 Å². The number of oxazole rings is 1. The number of hydrogen-bond acceptors (Lipinski definition) is 4. The lowest BCUT2D eigenvalue weighted by molar-refractivity contribution is 0.0650. The third-order valence-electron chi connectivity index (χ3n) is 2.04. The molecule has 5 nitrogen and oxygen atoms in total. The van der Waals surface area contributed by atoms with Crippen molar-refractivity contribution in [2.45, 2.75) is 12.3 Å². The molecule has 2 heterocycles. The molecule has 13 heavy (non-hydrogen) atoms. The second-order valence-corrected chi connectivity index (χ2v) is 2.93. The summed E-state index contributed by atoms with van der Waals surface area (Å²) in [5.41, 5.74) is 0. The number of nitrogens with zero attached hydrogens (tertiary/aromatic N) is 1. The Kier molecular flexibility index (Phi) is 2.02. The zero-order valence-electron chi connectivity index (χ0n) is 6.90. The highest BCUT2D eigenvalue weighted by Crippen LogP contribution is 2.25. The fraction of sp³-hybridized carbons (Fsp3) is 0.500. The van der Waals surface area contributed by atoms with Crippen molar-refractivity contribution >= 4 is 5.97 Å². The lowest BCUT2D eigenvalue weighted by Crippen LogP contribution is -1.96. The first-order chi connectivity index (χ1) is 6.27. The highest BCUT2D eigenvalue weighted by molar-refractivity contribution is 5.81. The maximum Gasteiger partial charge on any atom is 0.392 e. The van der Waals surface area contributed by atoms with Crippen molar-refractivity contribution in [1.29, 1.82) is 0 Å². The average Bonchev–Trinajstić information content (AvgIpc) is 2.75. The van der Waals surface area contributed by atoms with Crippen LogP contribution < -0.4 is 0 Å². The van der Waals surface area contributed by atoms with Crippen LogP contribution in [0.3, 0.4) is 0 Å². The van der Waals surface area contributed by atoms with E-state index < -0.39 is 5.97 Å². The average molecular weight is 183 g/mol. The molecule has 1 fully saturated rings. The smallest absolute Gasteiger partial charge is 0.392 e. The Balaban J connectivity index is 2.16. The van der Waals surface area contributed by atoms with Crippen LogP contribution in [0.15, 0.2) is 10.6 Å². The Labute approximate surface area is 74.3 Å². The second kappa shape index (κ2) is 3.18. The Hall–Kier alpha value is -1.36. The number of carboxylic acids is 1. The molecule has 1 unspecified atom stereocenters. The summed E-state index contributed by atoms with van der Waals surface area (Å²) in [7, 11) is 0. The van der Waals surface area contributed by atoms with Crippen molar-refractivity contribution in [3.8, 4) is 0 Å². The lowest BCUT2D eigenvalue weighted by Gasteiger charge is -1.99. The molecule has 0 amide bonds. The van der Waals surface area contributed by atoms with Gasteiger partial charge in [0.15, 0.2) is 0 Å². The minimum Gasteiger partial charge on any atom is -0.474 e. The quantitative estimate of drug-likeness (QED) is 0.736. The monoisotopic (exact) mass is 183 g/mol. The van der Waals surface area contributed by atoms with Crippen LogP contribution in [0.2, 0.25) is 0 Å².